The average molecular weight is 357 g/mol. The van der Waals surface area contributed by atoms with Crippen molar-refractivity contribution >= 4 is 35.5 Å². The van der Waals surface area contributed by atoms with Crippen LogP contribution in [-0.4, -0.2) is 64.4 Å². The minimum absolute atomic E-state index is 0.0144. The van der Waals surface area contributed by atoms with Crippen LogP contribution in [0.15, 0.2) is 0 Å². The molecule has 0 unspecified atom stereocenters. The summed E-state index contributed by atoms with van der Waals surface area (Å²) in [6.07, 6.45) is 1.14. The van der Waals surface area contributed by atoms with Crippen molar-refractivity contribution in [1.82, 2.24) is 15.5 Å². The molecule has 2 N–H and O–H groups in total. The first-order valence-corrected chi connectivity index (χ1v) is 8.90. The smallest absolute Gasteiger partial charge is 0.330 e. The minimum atomic E-state index is -0.646. The summed E-state index contributed by atoms with van der Waals surface area (Å²) in [5.41, 5.74) is 0. The summed E-state index contributed by atoms with van der Waals surface area (Å²) in [4.78, 5) is 48.4. The van der Waals surface area contributed by atoms with E-state index in [1.165, 1.54) is 0 Å². The van der Waals surface area contributed by atoms with Gasteiger partial charge in [0.05, 0.1) is 11.4 Å². The van der Waals surface area contributed by atoms with Crippen molar-refractivity contribution in [3.8, 4) is 0 Å². The Kier molecular flexibility index (Phi) is 5.74. The molecule has 0 bridgehead atoms. The summed E-state index contributed by atoms with van der Waals surface area (Å²) in [6, 6.07) is -0.661. The van der Waals surface area contributed by atoms with Gasteiger partial charge in [0.15, 0.2) is 6.61 Å². The van der Waals surface area contributed by atoms with E-state index >= 15 is 0 Å². The molecular formula is C15H23N3O5S. The maximum absolute atomic E-state index is 12.2. The fourth-order valence-corrected chi connectivity index (χ4v) is 4.25. The highest BCUT2D eigenvalue weighted by Gasteiger charge is 2.53. The van der Waals surface area contributed by atoms with Gasteiger partial charge in [0.25, 0.3) is 5.91 Å². The predicted octanol–water partition coefficient (Wildman–Crippen LogP) is -0.376. The minimum Gasteiger partial charge on any atom is -0.454 e. The van der Waals surface area contributed by atoms with Gasteiger partial charge in [-0.05, 0) is 27.2 Å². The van der Waals surface area contributed by atoms with Crippen molar-refractivity contribution in [1.29, 1.82) is 0 Å². The molecule has 3 amide bonds. The van der Waals surface area contributed by atoms with Crippen molar-refractivity contribution in [3.63, 3.8) is 0 Å². The molecule has 0 aromatic carbocycles. The molecule has 2 rings (SSSR count). The van der Waals surface area contributed by atoms with Gasteiger partial charge in [-0.1, -0.05) is 0 Å². The normalized spacial score (nSPS) is 25.6. The zero-order valence-corrected chi connectivity index (χ0v) is 14.9. The third-order valence-electron chi connectivity index (χ3n) is 3.96. The highest BCUT2D eigenvalue weighted by Crippen LogP contribution is 2.47. The average Bonchev–Trinajstić information content (AvgIpc) is 2.99. The number of hydrogen-bond donors (Lipinski definition) is 2. The van der Waals surface area contributed by atoms with Crippen molar-refractivity contribution in [2.45, 2.75) is 50.6 Å². The van der Waals surface area contributed by atoms with Crippen LogP contribution in [-0.2, 0) is 23.9 Å². The van der Waals surface area contributed by atoms with Crippen molar-refractivity contribution in [3.05, 3.63) is 0 Å². The topological polar surface area (TPSA) is 105 Å². The lowest BCUT2D eigenvalue weighted by atomic mass is 10.2. The lowest BCUT2D eigenvalue weighted by molar-refractivity contribution is -0.156. The van der Waals surface area contributed by atoms with Crippen LogP contribution >= 0.6 is 11.8 Å². The molecule has 0 spiro atoms. The Bertz CT molecular complexity index is 553. The number of nitrogens with zero attached hydrogens (tertiary/aromatic N) is 1. The molecule has 2 aliphatic heterocycles. The van der Waals surface area contributed by atoms with Crippen LogP contribution in [0, 0.1) is 0 Å². The van der Waals surface area contributed by atoms with Crippen molar-refractivity contribution in [2.24, 2.45) is 0 Å². The Morgan fingerprint density at radius 2 is 2.08 bits per heavy atom. The number of nitrogens with one attached hydrogen (secondary N) is 2. The summed E-state index contributed by atoms with van der Waals surface area (Å²) in [5, 5.41) is 5.02. The molecule has 0 aromatic rings. The molecule has 0 saturated carbocycles. The van der Waals surface area contributed by atoms with Gasteiger partial charge in [-0.3, -0.25) is 14.4 Å². The van der Waals surface area contributed by atoms with Crippen LogP contribution in [0.5, 0.6) is 0 Å². The standard InChI is InChI=1S/C15H23N3O5S/c1-9(2)17-11(19)6-16-12(20)7-23-14(22)10-8-24-15(3)5-4-13(21)18(10)15/h9-10H,4-8H2,1-3H3,(H,16,20)(H,17,19)/t10-,15+/m0/s1. The van der Waals surface area contributed by atoms with Gasteiger partial charge >= 0.3 is 5.97 Å². The van der Waals surface area contributed by atoms with E-state index in [0.29, 0.717) is 18.6 Å². The van der Waals surface area contributed by atoms with Crippen LogP contribution in [0.25, 0.3) is 0 Å². The fraction of sp³-hybridized carbons (Fsp3) is 0.733. The van der Waals surface area contributed by atoms with Crippen LogP contribution in [0.4, 0.5) is 0 Å². The first-order chi connectivity index (χ1) is 11.2. The largest absolute Gasteiger partial charge is 0.454 e. The van der Waals surface area contributed by atoms with Crippen LogP contribution in [0.3, 0.4) is 0 Å². The quantitative estimate of drug-likeness (QED) is 0.628. The summed E-state index contributed by atoms with van der Waals surface area (Å²) >= 11 is 1.56. The summed E-state index contributed by atoms with van der Waals surface area (Å²) in [7, 11) is 0. The number of carbonyl (C=O) groups is 4. The number of esters is 1. The highest BCUT2D eigenvalue weighted by atomic mass is 32.2. The third-order valence-corrected chi connectivity index (χ3v) is 5.46. The number of fused-ring (bicyclic) bond motifs is 1. The molecule has 24 heavy (non-hydrogen) atoms. The third kappa shape index (κ3) is 4.19. The Balaban J connectivity index is 1.76. The number of hydrogen-bond acceptors (Lipinski definition) is 6. The van der Waals surface area contributed by atoms with Gasteiger partial charge in [0.1, 0.15) is 6.04 Å². The van der Waals surface area contributed by atoms with Crippen molar-refractivity contribution in [2.75, 3.05) is 18.9 Å². The maximum atomic E-state index is 12.2. The second-order valence-corrected chi connectivity index (χ2v) is 7.87. The van der Waals surface area contributed by atoms with Gasteiger partial charge in [-0.2, -0.15) is 0 Å². The Morgan fingerprint density at radius 1 is 1.38 bits per heavy atom. The molecule has 9 heteroatoms. The SMILES string of the molecule is CC(C)NC(=O)CNC(=O)COC(=O)[C@@H]1CS[C@]2(C)CCC(=O)N12. The van der Waals surface area contributed by atoms with Gasteiger partial charge in [-0.25, -0.2) is 4.79 Å². The molecule has 2 aliphatic rings. The molecular weight excluding hydrogens is 334 g/mol. The zero-order valence-electron chi connectivity index (χ0n) is 14.1. The fourth-order valence-electron chi connectivity index (χ4n) is 2.83. The summed E-state index contributed by atoms with van der Waals surface area (Å²) in [5.74, 6) is -1.03. The van der Waals surface area contributed by atoms with Gasteiger partial charge < -0.3 is 20.3 Å². The second kappa shape index (κ2) is 7.42. The number of amides is 3. The first-order valence-electron chi connectivity index (χ1n) is 7.92. The van der Waals surface area contributed by atoms with Crippen LogP contribution in [0.2, 0.25) is 0 Å². The molecule has 0 aliphatic carbocycles. The van der Waals surface area contributed by atoms with E-state index in [2.05, 4.69) is 10.6 Å². The van der Waals surface area contributed by atoms with E-state index in [-0.39, 0.29) is 29.3 Å². The highest BCUT2D eigenvalue weighted by molar-refractivity contribution is 8.01. The number of thioether (sulfide) groups is 1. The first kappa shape index (κ1) is 18.6. The lowest BCUT2D eigenvalue weighted by Gasteiger charge is -2.29. The Labute approximate surface area is 145 Å². The Hall–Kier alpha value is -1.77. The van der Waals surface area contributed by atoms with Crippen LogP contribution < -0.4 is 10.6 Å². The summed E-state index contributed by atoms with van der Waals surface area (Å²) in [6.45, 7) is 4.93. The molecule has 8 nitrogen and oxygen atoms in total. The van der Waals surface area contributed by atoms with E-state index in [9.17, 15) is 19.2 Å². The van der Waals surface area contributed by atoms with Crippen LogP contribution in [0.1, 0.15) is 33.6 Å². The molecule has 0 aromatic heterocycles. The van der Waals surface area contributed by atoms with Gasteiger partial charge in [-0.15, -0.1) is 11.8 Å². The molecule has 2 fully saturated rings. The molecule has 2 saturated heterocycles. The number of carbonyl (C=O) groups excluding carboxylic acids is 4. The van der Waals surface area contributed by atoms with Gasteiger partial charge in [0.2, 0.25) is 11.8 Å². The number of ether oxygens (including phenoxy) is 1. The zero-order chi connectivity index (χ0) is 17.9. The maximum Gasteiger partial charge on any atom is 0.330 e. The monoisotopic (exact) mass is 357 g/mol. The van der Waals surface area contributed by atoms with Gasteiger partial charge in [0, 0.05) is 18.2 Å². The van der Waals surface area contributed by atoms with Crippen molar-refractivity contribution < 1.29 is 23.9 Å². The lowest BCUT2D eigenvalue weighted by Crippen LogP contribution is -2.47. The van der Waals surface area contributed by atoms with E-state index in [0.717, 1.165) is 0 Å². The summed E-state index contributed by atoms with van der Waals surface area (Å²) < 4.78 is 5.01. The molecule has 134 valence electrons. The van der Waals surface area contributed by atoms with E-state index < -0.39 is 24.5 Å². The number of rotatable bonds is 6. The Morgan fingerprint density at radius 3 is 2.75 bits per heavy atom. The molecule has 0 radical (unpaired) electrons. The van der Waals surface area contributed by atoms with E-state index in [1.807, 2.05) is 20.8 Å². The second-order valence-electron chi connectivity index (χ2n) is 6.37. The van der Waals surface area contributed by atoms with E-state index in [4.69, 9.17) is 4.74 Å². The predicted molar refractivity (Wildman–Crippen MR) is 88.0 cm³/mol. The van der Waals surface area contributed by atoms with E-state index in [1.54, 1.807) is 16.7 Å². The molecule has 2 atom stereocenters. The molecule has 2 heterocycles.